The molecule has 18 heavy (non-hydrogen) atoms. The van der Waals surface area contributed by atoms with Crippen LogP contribution in [0.3, 0.4) is 0 Å². The highest BCUT2D eigenvalue weighted by Crippen LogP contribution is 2.25. The Hall–Kier alpha value is -1.41. The third kappa shape index (κ3) is 2.88. The summed E-state index contributed by atoms with van der Waals surface area (Å²) < 4.78 is 0. The van der Waals surface area contributed by atoms with Gasteiger partial charge in [-0.1, -0.05) is 45.0 Å². The quantitative estimate of drug-likeness (QED) is 0.894. The Labute approximate surface area is 109 Å². The Balaban J connectivity index is 2.18. The first-order valence-corrected chi connectivity index (χ1v) is 6.48. The lowest BCUT2D eigenvalue weighted by atomic mass is 9.85. The van der Waals surface area contributed by atoms with Crippen LogP contribution in [0, 0.1) is 5.41 Å². The lowest BCUT2D eigenvalue weighted by Crippen LogP contribution is -2.26. The van der Waals surface area contributed by atoms with Crippen molar-refractivity contribution in [2.45, 2.75) is 39.7 Å². The second-order valence-corrected chi connectivity index (χ2v) is 5.94. The molecule has 0 aliphatic rings. The van der Waals surface area contributed by atoms with Crippen LogP contribution in [-0.4, -0.2) is 16.2 Å². The molecule has 0 saturated carbocycles. The lowest BCUT2D eigenvalue weighted by molar-refractivity contribution is 0.0560. The van der Waals surface area contributed by atoms with E-state index in [1.807, 2.05) is 24.5 Å². The fraction of sp³-hybridized carbons (Fsp3) is 0.438. The Morgan fingerprint density at radius 3 is 2.61 bits per heavy atom. The number of benzene rings is 1. The first kappa shape index (κ1) is 13.0. The van der Waals surface area contributed by atoms with Crippen molar-refractivity contribution in [2.24, 2.45) is 5.41 Å². The van der Waals surface area contributed by atoms with Crippen molar-refractivity contribution in [1.29, 1.82) is 0 Å². The van der Waals surface area contributed by atoms with Gasteiger partial charge in [-0.05, 0) is 29.2 Å². The first-order chi connectivity index (χ1) is 8.48. The van der Waals surface area contributed by atoms with Gasteiger partial charge in [-0.25, -0.2) is 0 Å². The zero-order valence-corrected chi connectivity index (χ0v) is 11.4. The fourth-order valence-corrected chi connectivity index (χ4v) is 2.10. The Bertz CT molecular complexity index is 523. The molecule has 2 aromatic rings. The number of hydrogen-bond acceptors (Lipinski definition) is 2. The van der Waals surface area contributed by atoms with Crippen molar-refractivity contribution in [3.05, 3.63) is 42.2 Å². The zero-order valence-electron chi connectivity index (χ0n) is 11.4. The highest BCUT2D eigenvalue weighted by Gasteiger charge is 2.21. The lowest BCUT2D eigenvalue weighted by Gasteiger charge is -2.25. The molecular weight excluding hydrogens is 222 g/mol. The van der Waals surface area contributed by atoms with Crippen molar-refractivity contribution in [2.75, 3.05) is 0 Å². The molecule has 2 rings (SSSR count). The second-order valence-electron chi connectivity index (χ2n) is 5.94. The van der Waals surface area contributed by atoms with Gasteiger partial charge in [-0.2, -0.15) is 0 Å². The number of aryl methyl sites for hydroxylation is 1. The molecular formula is C16H21NO. The maximum Gasteiger partial charge on any atom is 0.0591 e. The van der Waals surface area contributed by atoms with E-state index < -0.39 is 0 Å². The number of nitrogens with zero attached hydrogens (tertiary/aromatic N) is 1. The van der Waals surface area contributed by atoms with E-state index in [9.17, 15) is 5.11 Å². The maximum absolute atomic E-state index is 10.1. The number of rotatable bonds is 3. The summed E-state index contributed by atoms with van der Waals surface area (Å²) in [7, 11) is 0. The molecule has 0 radical (unpaired) electrons. The van der Waals surface area contributed by atoms with E-state index in [0.717, 1.165) is 12.8 Å². The minimum absolute atomic E-state index is 0.0575. The summed E-state index contributed by atoms with van der Waals surface area (Å²) in [5, 5.41) is 12.5. The van der Waals surface area contributed by atoms with E-state index in [4.69, 9.17) is 0 Å². The van der Waals surface area contributed by atoms with Crippen LogP contribution < -0.4 is 0 Å². The molecule has 0 amide bonds. The average molecular weight is 243 g/mol. The van der Waals surface area contributed by atoms with Gasteiger partial charge in [-0.15, -0.1) is 0 Å². The number of aliphatic hydroxyl groups excluding tert-OH is 1. The van der Waals surface area contributed by atoms with E-state index in [1.165, 1.54) is 16.3 Å². The van der Waals surface area contributed by atoms with Gasteiger partial charge in [0, 0.05) is 17.8 Å². The number of aliphatic hydroxyl groups is 1. The molecule has 0 fully saturated rings. The molecule has 1 N–H and O–H groups in total. The molecule has 1 unspecified atom stereocenters. The number of hydrogen-bond donors (Lipinski definition) is 1. The molecule has 2 heteroatoms. The third-order valence-electron chi connectivity index (χ3n) is 3.44. The van der Waals surface area contributed by atoms with Gasteiger partial charge in [0.2, 0.25) is 0 Å². The van der Waals surface area contributed by atoms with Gasteiger partial charge in [0.05, 0.1) is 6.10 Å². The monoisotopic (exact) mass is 243 g/mol. The molecule has 1 aromatic heterocycles. The van der Waals surface area contributed by atoms with E-state index >= 15 is 0 Å². The highest BCUT2D eigenvalue weighted by molar-refractivity contribution is 5.84. The van der Waals surface area contributed by atoms with Crippen molar-refractivity contribution >= 4 is 10.8 Å². The van der Waals surface area contributed by atoms with Gasteiger partial charge < -0.3 is 5.11 Å². The molecule has 0 bridgehead atoms. The van der Waals surface area contributed by atoms with Crippen molar-refractivity contribution in [1.82, 2.24) is 4.98 Å². The van der Waals surface area contributed by atoms with Gasteiger partial charge >= 0.3 is 0 Å². The van der Waals surface area contributed by atoms with Crippen LogP contribution in [0.4, 0.5) is 0 Å². The summed E-state index contributed by atoms with van der Waals surface area (Å²) in [4.78, 5) is 4.27. The molecule has 1 atom stereocenters. The number of pyridine rings is 1. The minimum Gasteiger partial charge on any atom is -0.393 e. The Morgan fingerprint density at radius 2 is 1.89 bits per heavy atom. The molecule has 0 saturated heterocycles. The summed E-state index contributed by atoms with van der Waals surface area (Å²) in [6.45, 7) is 6.21. The predicted molar refractivity (Wildman–Crippen MR) is 75.5 cm³/mol. The first-order valence-electron chi connectivity index (χ1n) is 6.48. The molecule has 0 aliphatic heterocycles. The normalized spacial score (nSPS) is 13.8. The summed E-state index contributed by atoms with van der Waals surface area (Å²) in [6.07, 6.45) is 5.17. The Morgan fingerprint density at radius 1 is 1.17 bits per heavy atom. The van der Waals surface area contributed by atoms with E-state index in [1.54, 1.807) is 0 Å². The van der Waals surface area contributed by atoms with Crippen molar-refractivity contribution in [3.63, 3.8) is 0 Å². The fourth-order valence-electron chi connectivity index (χ4n) is 2.10. The number of fused-ring (bicyclic) bond motifs is 1. The minimum atomic E-state index is -0.281. The van der Waals surface area contributed by atoms with Crippen LogP contribution in [0.15, 0.2) is 36.7 Å². The van der Waals surface area contributed by atoms with Crippen LogP contribution in [0.1, 0.15) is 32.8 Å². The topological polar surface area (TPSA) is 33.1 Å². The summed E-state index contributed by atoms with van der Waals surface area (Å²) in [5.41, 5.74) is 1.16. The summed E-state index contributed by atoms with van der Waals surface area (Å²) >= 11 is 0. The van der Waals surface area contributed by atoms with Gasteiger partial charge in [0.1, 0.15) is 0 Å². The average Bonchev–Trinajstić information content (AvgIpc) is 2.34. The predicted octanol–water partition coefficient (Wildman–Crippen LogP) is 3.57. The SMILES string of the molecule is CC(C)(C)C(O)CCc1cncc2ccccc12. The van der Waals surface area contributed by atoms with E-state index in [-0.39, 0.29) is 11.5 Å². The molecule has 0 aliphatic carbocycles. The third-order valence-corrected chi connectivity index (χ3v) is 3.44. The van der Waals surface area contributed by atoms with E-state index in [2.05, 4.69) is 37.9 Å². The molecule has 1 heterocycles. The Kier molecular flexibility index (Phi) is 3.67. The van der Waals surface area contributed by atoms with Crippen LogP contribution in [0.25, 0.3) is 10.8 Å². The van der Waals surface area contributed by atoms with Crippen LogP contribution in [-0.2, 0) is 6.42 Å². The smallest absolute Gasteiger partial charge is 0.0591 e. The number of aromatic nitrogens is 1. The summed E-state index contributed by atoms with van der Waals surface area (Å²) in [5.74, 6) is 0. The van der Waals surface area contributed by atoms with Crippen LogP contribution in [0.2, 0.25) is 0 Å². The van der Waals surface area contributed by atoms with Gasteiger partial charge in [-0.3, -0.25) is 4.98 Å². The van der Waals surface area contributed by atoms with E-state index in [0.29, 0.717) is 0 Å². The van der Waals surface area contributed by atoms with Crippen molar-refractivity contribution < 1.29 is 5.11 Å². The van der Waals surface area contributed by atoms with Gasteiger partial charge in [0.15, 0.2) is 0 Å². The maximum atomic E-state index is 10.1. The summed E-state index contributed by atoms with van der Waals surface area (Å²) in [6, 6.07) is 8.27. The second kappa shape index (κ2) is 5.07. The van der Waals surface area contributed by atoms with Crippen LogP contribution >= 0.6 is 0 Å². The molecule has 96 valence electrons. The standard InChI is InChI=1S/C16H21NO/c1-16(2,3)15(18)9-8-13-11-17-10-12-6-4-5-7-14(12)13/h4-7,10-11,15,18H,8-9H2,1-3H3. The zero-order chi connectivity index (χ0) is 13.2. The molecule has 0 spiro atoms. The largest absolute Gasteiger partial charge is 0.393 e. The van der Waals surface area contributed by atoms with Crippen molar-refractivity contribution in [3.8, 4) is 0 Å². The highest BCUT2D eigenvalue weighted by atomic mass is 16.3. The van der Waals surface area contributed by atoms with Gasteiger partial charge in [0.25, 0.3) is 0 Å². The van der Waals surface area contributed by atoms with Crippen LogP contribution in [0.5, 0.6) is 0 Å². The molecule has 1 aromatic carbocycles. The molecule has 2 nitrogen and oxygen atoms in total.